The van der Waals surface area contributed by atoms with Crippen LogP contribution in [-0.2, 0) is 30.6 Å². The Balaban J connectivity index is 1.68. The molecule has 5 rings (SSSR count). The van der Waals surface area contributed by atoms with Gasteiger partial charge in [0.05, 0.1) is 36.3 Å². The monoisotopic (exact) mass is 662 g/mol. The number of nitrogen functional groups attached to an aromatic ring is 1. The van der Waals surface area contributed by atoms with E-state index >= 15 is 4.39 Å². The summed E-state index contributed by atoms with van der Waals surface area (Å²) in [5.74, 6) is -2.48. The van der Waals surface area contributed by atoms with E-state index in [0.717, 1.165) is 10.9 Å². The highest BCUT2D eigenvalue weighted by Gasteiger charge is 2.46. The molecule has 1 aromatic heterocycles. The van der Waals surface area contributed by atoms with Crippen molar-refractivity contribution < 1.29 is 31.9 Å². The summed E-state index contributed by atoms with van der Waals surface area (Å²) in [5.41, 5.74) is 7.67. The third-order valence-electron chi connectivity index (χ3n) is 8.64. The molecule has 0 saturated carbocycles. The van der Waals surface area contributed by atoms with E-state index in [1.807, 2.05) is 6.92 Å². The molecule has 4 aromatic rings. The molecular formula is C35H39FN4O6S. The summed E-state index contributed by atoms with van der Waals surface area (Å²) in [5, 5.41) is 4.72. The van der Waals surface area contributed by atoms with Crippen molar-refractivity contribution in [1.82, 2.24) is 9.88 Å². The second kappa shape index (κ2) is 14.0. The van der Waals surface area contributed by atoms with E-state index in [2.05, 4.69) is 10.3 Å². The highest BCUT2D eigenvalue weighted by Crippen LogP contribution is 2.43. The molecule has 0 unspecified atom stereocenters. The Morgan fingerprint density at radius 2 is 1.87 bits per heavy atom. The molecule has 3 aromatic carbocycles. The molecule has 47 heavy (non-hydrogen) atoms. The number of pyridine rings is 1. The lowest BCUT2D eigenvalue weighted by molar-refractivity contribution is -0.149. The number of methoxy groups -OCH3 is 1. The van der Waals surface area contributed by atoms with Crippen molar-refractivity contribution in [2.75, 3.05) is 37.1 Å². The molecule has 0 bridgehead atoms. The largest absolute Gasteiger partial charge is 0.494 e. The van der Waals surface area contributed by atoms with Gasteiger partial charge in [-0.15, -0.1) is 0 Å². The number of hydrogen-bond donors (Lipinski definition) is 2. The number of carbonyl (C=O) groups is 2. The maximum Gasteiger partial charge on any atom is 0.311 e. The number of hydrogen-bond acceptors (Lipinski definition) is 9. The third kappa shape index (κ3) is 6.60. The van der Waals surface area contributed by atoms with Crippen LogP contribution in [0.25, 0.3) is 10.8 Å². The Hall–Kier alpha value is -4.71. The summed E-state index contributed by atoms with van der Waals surface area (Å²) in [4.78, 5) is 33.8. The Morgan fingerprint density at radius 3 is 2.57 bits per heavy atom. The normalized spacial score (nSPS) is 17.0. The molecule has 2 heterocycles. The molecular weight excluding hydrogens is 623 g/mol. The van der Waals surface area contributed by atoms with Gasteiger partial charge >= 0.3 is 5.97 Å². The first-order valence-corrected chi connectivity index (χ1v) is 17.3. The first kappa shape index (κ1) is 33.6. The van der Waals surface area contributed by atoms with E-state index in [1.54, 1.807) is 67.7 Å². The number of nitrogens with zero attached hydrogens (tertiary/aromatic N) is 2. The average molecular weight is 663 g/mol. The van der Waals surface area contributed by atoms with E-state index in [9.17, 15) is 18.0 Å². The van der Waals surface area contributed by atoms with Crippen LogP contribution >= 0.6 is 0 Å². The second-order valence-electron chi connectivity index (χ2n) is 11.3. The van der Waals surface area contributed by atoms with E-state index in [1.165, 1.54) is 25.0 Å². The SMILES string of the molecule is CCOC(=O)[C@H]1CCN(C(=O)[C@@H](Nc2ccc3c(N)nccc3c2)c2cc(CC)cc(OC)c2F)[C@H]1c1ccccc1S(=O)(=O)CC. The maximum atomic E-state index is 16.2. The number of sulfone groups is 1. The van der Waals surface area contributed by atoms with Gasteiger partial charge in [0.25, 0.3) is 0 Å². The minimum atomic E-state index is -3.74. The number of fused-ring (bicyclic) bond motifs is 1. The molecule has 248 valence electrons. The predicted octanol–water partition coefficient (Wildman–Crippen LogP) is 5.63. The molecule has 0 radical (unpaired) electrons. The number of carbonyl (C=O) groups excluding carboxylic acids is 2. The fourth-order valence-electron chi connectivity index (χ4n) is 6.22. The van der Waals surface area contributed by atoms with Gasteiger partial charge in [-0.2, -0.15) is 0 Å². The van der Waals surface area contributed by atoms with Gasteiger partial charge in [-0.1, -0.05) is 38.1 Å². The van der Waals surface area contributed by atoms with Gasteiger partial charge in [0.15, 0.2) is 21.4 Å². The van der Waals surface area contributed by atoms with Crippen molar-refractivity contribution in [2.45, 2.75) is 50.6 Å². The standard InChI is InChI=1S/C35H39FN4O6S/c1-5-21-18-27(30(36)28(19-21)45-4)31(39-23-12-13-24-22(20-23)14-16-38-33(24)37)34(41)40-17-15-26(35(42)46-6-2)32(40)25-10-8-9-11-29(25)47(43,44)7-3/h8-14,16,18-20,26,31-32,39H,5-7,15,17H2,1-4H3,(H2,37,38)/t26-,31-,32-/m0/s1. The summed E-state index contributed by atoms with van der Waals surface area (Å²) in [6.45, 7) is 5.36. The number of anilines is 2. The number of aromatic nitrogens is 1. The molecule has 3 N–H and O–H groups in total. The van der Waals surface area contributed by atoms with Crippen LogP contribution in [0.4, 0.5) is 15.9 Å². The maximum absolute atomic E-state index is 16.2. The predicted molar refractivity (Wildman–Crippen MR) is 178 cm³/mol. The van der Waals surface area contributed by atoms with Crippen molar-refractivity contribution in [3.8, 4) is 5.75 Å². The lowest BCUT2D eigenvalue weighted by atomic mass is 9.92. The van der Waals surface area contributed by atoms with Gasteiger partial charge in [-0.3, -0.25) is 9.59 Å². The van der Waals surface area contributed by atoms with Crippen LogP contribution in [0.1, 0.15) is 56.0 Å². The number of rotatable bonds is 11. The summed E-state index contributed by atoms with van der Waals surface area (Å²) in [6, 6.07) is 14.4. The number of ether oxygens (including phenoxy) is 2. The number of halogens is 1. The lowest BCUT2D eigenvalue weighted by Crippen LogP contribution is -2.40. The quantitative estimate of drug-likeness (QED) is 0.196. The molecule has 1 fully saturated rings. The zero-order chi connectivity index (χ0) is 33.9. The second-order valence-corrected chi connectivity index (χ2v) is 13.6. The van der Waals surface area contributed by atoms with Crippen molar-refractivity contribution in [1.29, 1.82) is 0 Å². The minimum Gasteiger partial charge on any atom is -0.494 e. The Kier molecular flexibility index (Phi) is 9.99. The molecule has 1 aliphatic heterocycles. The van der Waals surface area contributed by atoms with E-state index in [0.29, 0.717) is 28.9 Å². The smallest absolute Gasteiger partial charge is 0.311 e. The topological polar surface area (TPSA) is 141 Å². The number of likely N-dealkylation sites (tertiary alicyclic amines) is 1. The van der Waals surface area contributed by atoms with Crippen LogP contribution in [-0.4, -0.2) is 56.2 Å². The van der Waals surface area contributed by atoms with Crippen molar-refractivity contribution in [2.24, 2.45) is 5.92 Å². The Labute approximate surface area is 274 Å². The highest BCUT2D eigenvalue weighted by molar-refractivity contribution is 7.91. The first-order chi connectivity index (χ1) is 22.5. The van der Waals surface area contributed by atoms with Gasteiger partial charge in [0.1, 0.15) is 11.9 Å². The number of nitrogens with one attached hydrogen (secondary N) is 1. The van der Waals surface area contributed by atoms with E-state index in [-0.39, 0.29) is 41.5 Å². The molecule has 3 atom stereocenters. The summed E-state index contributed by atoms with van der Waals surface area (Å²) in [6.07, 6.45) is 2.35. The zero-order valence-electron chi connectivity index (χ0n) is 26.8. The highest BCUT2D eigenvalue weighted by atomic mass is 32.2. The Morgan fingerprint density at radius 1 is 1.11 bits per heavy atom. The number of nitrogens with two attached hydrogens (primary N) is 1. The van der Waals surface area contributed by atoms with Gasteiger partial charge in [-0.25, -0.2) is 17.8 Å². The Bertz CT molecular complexity index is 1920. The van der Waals surface area contributed by atoms with Crippen molar-refractivity contribution in [3.63, 3.8) is 0 Å². The summed E-state index contributed by atoms with van der Waals surface area (Å²) >= 11 is 0. The molecule has 12 heteroatoms. The molecule has 1 aliphatic rings. The van der Waals surface area contributed by atoms with Gasteiger partial charge in [-0.05, 0) is 72.7 Å². The molecule has 1 amide bonds. The van der Waals surface area contributed by atoms with Crippen LogP contribution in [0.15, 0.2) is 71.8 Å². The van der Waals surface area contributed by atoms with Crippen LogP contribution in [0, 0.1) is 11.7 Å². The van der Waals surface area contributed by atoms with Crippen LogP contribution in [0.5, 0.6) is 5.75 Å². The number of amides is 1. The molecule has 1 saturated heterocycles. The minimum absolute atomic E-state index is 0.0157. The zero-order valence-corrected chi connectivity index (χ0v) is 27.6. The number of aryl methyl sites for hydroxylation is 1. The first-order valence-electron chi connectivity index (χ1n) is 15.6. The summed E-state index contributed by atoms with van der Waals surface area (Å²) in [7, 11) is -2.38. The van der Waals surface area contributed by atoms with E-state index in [4.69, 9.17) is 15.2 Å². The average Bonchev–Trinajstić information content (AvgIpc) is 3.53. The number of benzene rings is 3. The number of esters is 1. The fraction of sp³-hybridized carbons (Fsp3) is 0.343. The van der Waals surface area contributed by atoms with E-state index < -0.39 is 45.5 Å². The van der Waals surface area contributed by atoms with Crippen LogP contribution in [0.2, 0.25) is 0 Å². The van der Waals surface area contributed by atoms with Crippen LogP contribution < -0.4 is 15.8 Å². The third-order valence-corrected chi connectivity index (χ3v) is 10.4. The fourth-order valence-corrected chi connectivity index (χ4v) is 7.37. The molecule has 0 aliphatic carbocycles. The van der Waals surface area contributed by atoms with Crippen molar-refractivity contribution in [3.05, 3.63) is 89.4 Å². The van der Waals surface area contributed by atoms with Crippen LogP contribution in [0.3, 0.4) is 0 Å². The lowest BCUT2D eigenvalue weighted by Gasteiger charge is -2.33. The van der Waals surface area contributed by atoms with Crippen molar-refractivity contribution >= 4 is 44.0 Å². The van der Waals surface area contributed by atoms with Gasteiger partial charge < -0.3 is 25.4 Å². The van der Waals surface area contributed by atoms with Gasteiger partial charge in [0, 0.05) is 29.4 Å². The van der Waals surface area contributed by atoms with Gasteiger partial charge in [0.2, 0.25) is 5.91 Å². The molecule has 10 nitrogen and oxygen atoms in total. The molecule has 0 spiro atoms. The summed E-state index contributed by atoms with van der Waals surface area (Å²) < 4.78 is 53.5.